The fourth-order valence-electron chi connectivity index (χ4n) is 5.94. The van der Waals surface area contributed by atoms with Gasteiger partial charge in [0.05, 0.1) is 85.0 Å². The first-order valence-electron chi connectivity index (χ1n) is 27.9. The Balaban J connectivity index is -0.000000168. The second-order valence-corrected chi connectivity index (χ2v) is 19.0. The second kappa shape index (κ2) is 70.0. The molecule has 0 bridgehead atoms. The van der Waals surface area contributed by atoms with E-state index in [0.717, 1.165) is 77.8 Å². The molecule has 0 aromatic rings. The van der Waals surface area contributed by atoms with Crippen LogP contribution in [0.1, 0.15) is 113 Å². The highest BCUT2D eigenvalue weighted by molar-refractivity contribution is 7.99. The Morgan fingerprint density at radius 1 is 0.655 bits per heavy atom. The van der Waals surface area contributed by atoms with E-state index in [1.165, 1.54) is 58.7 Å². The summed E-state index contributed by atoms with van der Waals surface area (Å²) in [5.41, 5.74) is 28.5. The lowest BCUT2D eigenvalue weighted by Gasteiger charge is -2.27. The van der Waals surface area contributed by atoms with Gasteiger partial charge in [0.25, 0.3) is 0 Å². The average Bonchev–Trinajstić information content (AvgIpc) is 3.58. The van der Waals surface area contributed by atoms with Crippen LogP contribution in [0, 0.1) is 35.3 Å². The molecule has 24 N–H and O–H groups in total. The largest absolute Gasteiger partial charge is 0.737 e. The minimum atomic E-state index is -1.19. The number of unbranched alkanes of at least 4 members (excludes halogenated alkanes) is 4. The molecule has 0 radical (unpaired) electrons. The van der Waals surface area contributed by atoms with Crippen molar-refractivity contribution in [2.75, 3.05) is 145 Å². The Kier molecular flexibility index (Phi) is 76.8. The van der Waals surface area contributed by atoms with Gasteiger partial charge in [-0.05, 0) is 130 Å². The van der Waals surface area contributed by atoms with Crippen molar-refractivity contribution in [3.63, 3.8) is 0 Å². The number of rotatable bonds is 45. The summed E-state index contributed by atoms with van der Waals surface area (Å²) in [5.74, 6) is -1.65. The highest BCUT2D eigenvalue weighted by Crippen LogP contribution is 2.29. The van der Waals surface area contributed by atoms with Crippen molar-refractivity contribution in [2.45, 2.75) is 123 Å². The first-order chi connectivity index (χ1) is 40.0. The van der Waals surface area contributed by atoms with Crippen molar-refractivity contribution in [1.29, 1.82) is 0 Å². The van der Waals surface area contributed by atoms with Gasteiger partial charge in [0.15, 0.2) is 0 Å². The van der Waals surface area contributed by atoms with Crippen LogP contribution >= 0.6 is 11.9 Å². The average molecular weight is 1250 g/mol. The van der Waals surface area contributed by atoms with Crippen molar-refractivity contribution in [3.8, 4) is 0 Å². The van der Waals surface area contributed by atoms with Crippen LogP contribution in [-0.4, -0.2) is 244 Å². The predicted molar refractivity (Wildman–Crippen MR) is 316 cm³/mol. The predicted octanol–water partition coefficient (Wildman–Crippen LogP) is -2.00. The lowest BCUT2D eigenvalue weighted by molar-refractivity contribution is -0.709. The van der Waals surface area contributed by atoms with Crippen LogP contribution in [-0.2, 0) is 9.59 Å². The van der Waals surface area contributed by atoms with E-state index in [1.807, 2.05) is 0 Å². The second-order valence-electron chi connectivity index (χ2n) is 17.7. The number of hydrogen-bond donors (Lipinski definition) is 15. The fraction of sp³-hybridized carbons (Fsp3) is 0.953. The topological polar surface area (TPSA) is 591 Å². The smallest absolute Gasteiger partial charge is 0.327 e. The zero-order valence-electron chi connectivity index (χ0n) is 51.6. The number of nitrogens with one attached hydrogen (secondary N) is 3. The minimum absolute atomic E-state index is 0.0556. The molecule has 0 spiro atoms. The number of nitroso groups, excluding NO2 is 4. The number of quaternary nitrogens is 3. The summed E-state index contributed by atoms with van der Waals surface area (Å²) in [7, 11) is 3.69. The molecule has 0 aliphatic rings. The maximum absolute atomic E-state index is 11.2. The van der Waals surface area contributed by atoms with Crippen molar-refractivity contribution >= 4 is 23.8 Å². The molecular formula is C43H112N26O14S+2. The normalized spacial score (nSPS) is 11.2. The van der Waals surface area contributed by atoms with Crippen LogP contribution in [0.15, 0.2) is 31.0 Å². The molecule has 0 aliphatic heterocycles. The number of nitrogens with zero attached hydrogens (tertiary/aromatic N) is 16. The molecule has 0 aromatic carbocycles. The standard InChI is InChI=1S/C10H26N6O2.C8H20N4O2.C7H12N2O4S.C6H17N5O2.C4H13N5O2.C4H11N3O2.C4H11N/c11-5-3-8-13-7-1-2-9-15(10-4-6-12)16(18)14-17;1-9-7-5-3-4-6-8-11(2)12(14)10-13;1-4(10)8-5(6(11)12)7(2,3)14-9-13;7-3-1-5-10(6-2-4-8)11(13)9-12;5-1-3-8(4-2-6)9(11)7-10;1-3-6(4-2)7(9)5-8;1-3-5-4-2/h13,17H,1-12H2;9,14H,3-8H2,1-2H3;5H,1-3H3,(H,8,10)(H,11,12);13H,1-8H2;11H,1-6H2;8H,3-4H2,1-2H3;5H,3-4H2,1-2H3/p+2. The molecule has 40 nitrogen and oxygen atoms in total. The third-order valence-corrected chi connectivity index (χ3v) is 11.2. The Bertz CT molecular complexity index is 1540. The lowest BCUT2D eigenvalue weighted by Crippen LogP contribution is -2.79. The Morgan fingerprint density at radius 3 is 1.54 bits per heavy atom. The summed E-state index contributed by atoms with van der Waals surface area (Å²) in [6.07, 6.45) is 9.49. The van der Waals surface area contributed by atoms with E-state index >= 15 is 0 Å². The Morgan fingerprint density at radius 2 is 1.14 bits per heavy atom. The molecule has 1 atom stereocenters. The monoisotopic (exact) mass is 1250 g/mol. The van der Waals surface area contributed by atoms with Gasteiger partial charge >= 0.3 is 5.97 Å². The van der Waals surface area contributed by atoms with Crippen molar-refractivity contribution in [2.24, 2.45) is 53.9 Å². The van der Waals surface area contributed by atoms with Gasteiger partial charge in [0.1, 0.15) is 6.04 Å². The molecule has 0 saturated heterocycles. The molecule has 0 fully saturated rings. The number of nitrogens with two attached hydrogens (primary N) is 5. The van der Waals surface area contributed by atoms with Gasteiger partial charge in [-0.15, -0.1) is 24.6 Å². The number of aliphatic carboxylic acids is 1. The highest BCUT2D eigenvalue weighted by atomic mass is 32.2. The van der Waals surface area contributed by atoms with Crippen LogP contribution in [0.3, 0.4) is 0 Å². The van der Waals surface area contributed by atoms with Crippen molar-refractivity contribution in [1.82, 2.24) is 56.8 Å². The van der Waals surface area contributed by atoms with Gasteiger partial charge in [-0.25, -0.2) is 4.79 Å². The van der Waals surface area contributed by atoms with Gasteiger partial charge in [-0.3, -0.25) is 20.4 Å². The number of carbonyl (C=O) groups is 2. The summed E-state index contributed by atoms with van der Waals surface area (Å²) in [5, 5.41) is 105. The van der Waals surface area contributed by atoms with E-state index < -0.39 is 22.7 Å². The number of carbonyl (C=O) groups excluding carboxylic acids is 1. The van der Waals surface area contributed by atoms with Crippen LogP contribution < -0.4 is 55.7 Å². The summed E-state index contributed by atoms with van der Waals surface area (Å²) >= 11 is 0.586. The first-order valence-corrected chi connectivity index (χ1v) is 28.6. The Labute approximate surface area is 499 Å². The quantitative estimate of drug-likeness (QED) is 0.00783. The summed E-state index contributed by atoms with van der Waals surface area (Å²) < 4.78 is 1.60. The molecule has 0 rings (SSSR count). The van der Waals surface area contributed by atoms with Crippen LogP contribution in [0.2, 0.25) is 0 Å². The van der Waals surface area contributed by atoms with Crippen molar-refractivity contribution in [3.05, 3.63) is 35.3 Å². The fourth-order valence-corrected chi connectivity index (χ4v) is 6.40. The van der Waals surface area contributed by atoms with Gasteiger partial charge in [-0.2, -0.15) is 20.0 Å². The number of carboxylic acid groups (broad SMARTS) is 1. The van der Waals surface area contributed by atoms with E-state index in [1.54, 1.807) is 20.9 Å². The van der Waals surface area contributed by atoms with Crippen molar-refractivity contribution < 1.29 is 62.2 Å². The van der Waals surface area contributed by atoms with Crippen LogP contribution in [0.5, 0.6) is 0 Å². The van der Waals surface area contributed by atoms with Gasteiger partial charge < -0.3 is 81.6 Å². The third-order valence-electron chi connectivity index (χ3n) is 10.5. The van der Waals surface area contributed by atoms with Crippen LogP contribution in [0.25, 0.3) is 0 Å². The Hall–Kier alpha value is -5.51. The van der Waals surface area contributed by atoms with Gasteiger partial charge in [0, 0.05) is 74.6 Å². The molecule has 1 amide bonds. The SMILES string of the molecule is CC(=O)NC(C(=O)O)C(C)(C)SN=O.CCN(CC)[N+]([O-])=N[O-].CCNCC.C[NH2+]CCCCCCN(C)N(O)N=O.NCCCN(CCC[NH3+])N(O)N=O.NCCCNCCCCN(CCCN)[N+]([O-])=NO.NCCN(CC[NH3+])N(O)N=O. The number of carboxylic acids is 1. The van der Waals surface area contributed by atoms with E-state index in [2.05, 4.69) is 84.6 Å². The molecule has 84 heavy (non-hydrogen) atoms. The number of amides is 1. The summed E-state index contributed by atoms with van der Waals surface area (Å²) in [6, 6.07) is -1.14. The maximum Gasteiger partial charge on any atom is 0.327 e. The van der Waals surface area contributed by atoms with E-state index in [0.29, 0.717) is 127 Å². The highest BCUT2D eigenvalue weighted by Gasteiger charge is 2.37. The van der Waals surface area contributed by atoms with E-state index in [-0.39, 0.29) is 15.2 Å². The first kappa shape index (κ1) is 92.2. The molecular weight excluding hydrogens is 1140 g/mol. The molecule has 0 heterocycles. The molecule has 0 aromatic heterocycles. The third kappa shape index (κ3) is 62.5. The minimum Gasteiger partial charge on any atom is -0.737 e. The van der Waals surface area contributed by atoms with Crippen LogP contribution in [0.4, 0.5) is 0 Å². The van der Waals surface area contributed by atoms with E-state index in [4.69, 9.17) is 48.9 Å². The zero-order valence-corrected chi connectivity index (χ0v) is 52.4. The molecule has 41 heteroatoms. The summed E-state index contributed by atoms with van der Waals surface area (Å²) in [4.78, 5) is 61.5. The zero-order chi connectivity index (χ0) is 66.0. The van der Waals surface area contributed by atoms with Gasteiger partial charge in [0.2, 0.25) is 11.2 Å². The molecule has 1 unspecified atom stereocenters. The van der Waals surface area contributed by atoms with Gasteiger partial charge in [-0.1, -0.05) is 36.1 Å². The van der Waals surface area contributed by atoms with E-state index in [9.17, 15) is 44.8 Å². The molecule has 502 valence electrons. The molecule has 0 aliphatic carbocycles. The molecule has 0 saturated carbocycles. The number of hydrogen-bond acceptors (Lipinski definition) is 28. The lowest BCUT2D eigenvalue weighted by atomic mass is 10.0. The maximum atomic E-state index is 11.2. The number of hydrazine groups is 5. The summed E-state index contributed by atoms with van der Waals surface area (Å²) in [6.45, 7) is 25.3.